The van der Waals surface area contributed by atoms with Crippen LogP contribution in [0.1, 0.15) is 17.3 Å². The fourth-order valence-corrected chi connectivity index (χ4v) is 1.16. The number of carbonyl (C=O) groups excluding carboxylic acids is 1. The third-order valence-electron chi connectivity index (χ3n) is 2.29. The van der Waals surface area contributed by atoms with Crippen molar-refractivity contribution in [1.29, 1.82) is 0 Å². The van der Waals surface area contributed by atoms with Crippen LogP contribution in [0.5, 0.6) is 0 Å². The Morgan fingerprint density at radius 3 is 2.76 bits per heavy atom. The van der Waals surface area contributed by atoms with E-state index in [0.717, 1.165) is 6.07 Å². The molecule has 0 saturated carbocycles. The standard InChI is InChI=1S/C11H13FN2O3/c1-6(11(16)17)5-14-10(15)7-3-2-4-8(12)9(7)13/h2-4,6H,5,13H2,1H3,(H,14,15)(H,16,17). The smallest absolute Gasteiger partial charge is 0.308 e. The number of para-hydroxylation sites is 1. The van der Waals surface area contributed by atoms with Gasteiger partial charge in [-0.05, 0) is 12.1 Å². The number of nitrogen functional groups attached to an aromatic ring is 1. The first-order valence-electron chi connectivity index (χ1n) is 4.98. The van der Waals surface area contributed by atoms with Gasteiger partial charge in [0.15, 0.2) is 0 Å². The summed E-state index contributed by atoms with van der Waals surface area (Å²) < 4.78 is 13.1. The average molecular weight is 240 g/mol. The summed E-state index contributed by atoms with van der Waals surface area (Å²) in [5.74, 6) is -3.00. The van der Waals surface area contributed by atoms with Crippen LogP contribution in [-0.2, 0) is 4.79 Å². The lowest BCUT2D eigenvalue weighted by atomic mass is 10.1. The fraction of sp³-hybridized carbons (Fsp3) is 0.273. The first-order valence-corrected chi connectivity index (χ1v) is 4.98. The van der Waals surface area contributed by atoms with E-state index in [1.165, 1.54) is 19.1 Å². The summed E-state index contributed by atoms with van der Waals surface area (Å²) in [5, 5.41) is 11.0. The van der Waals surface area contributed by atoms with Crippen LogP contribution in [0.2, 0.25) is 0 Å². The molecule has 0 aliphatic rings. The molecule has 0 saturated heterocycles. The van der Waals surface area contributed by atoms with Crippen LogP contribution in [0.25, 0.3) is 0 Å². The highest BCUT2D eigenvalue weighted by molar-refractivity contribution is 5.99. The van der Waals surface area contributed by atoms with Crippen molar-refractivity contribution < 1.29 is 19.1 Å². The highest BCUT2D eigenvalue weighted by atomic mass is 19.1. The molecule has 0 aromatic heterocycles. The van der Waals surface area contributed by atoms with Gasteiger partial charge in [0.2, 0.25) is 0 Å². The minimum atomic E-state index is -1.02. The van der Waals surface area contributed by atoms with Crippen molar-refractivity contribution in [2.75, 3.05) is 12.3 Å². The van der Waals surface area contributed by atoms with E-state index in [9.17, 15) is 14.0 Å². The molecule has 0 aliphatic carbocycles. The Bertz CT molecular complexity index is 448. The van der Waals surface area contributed by atoms with Gasteiger partial charge >= 0.3 is 5.97 Å². The van der Waals surface area contributed by atoms with Gasteiger partial charge in [-0.1, -0.05) is 13.0 Å². The number of hydrogen-bond donors (Lipinski definition) is 3. The molecular formula is C11H13FN2O3. The molecule has 0 aliphatic heterocycles. The monoisotopic (exact) mass is 240 g/mol. The largest absolute Gasteiger partial charge is 0.481 e. The Labute approximate surface area is 97.4 Å². The second kappa shape index (κ2) is 5.29. The SMILES string of the molecule is CC(CNC(=O)c1cccc(F)c1N)C(=O)O. The first-order chi connectivity index (χ1) is 7.93. The number of halogens is 1. The van der Waals surface area contributed by atoms with Crippen molar-refractivity contribution in [3.63, 3.8) is 0 Å². The van der Waals surface area contributed by atoms with Crippen LogP contribution in [0.4, 0.5) is 10.1 Å². The van der Waals surface area contributed by atoms with Gasteiger partial charge in [0.05, 0.1) is 17.2 Å². The molecule has 1 atom stereocenters. The average Bonchev–Trinajstić information content (AvgIpc) is 2.29. The summed E-state index contributed by atoms with van der Waals surface area (Å²) in [6.07, 6.45) is 0. The number of hydrogen-bond acceptors (Lipinski definition) is 3. The molecule has 0 spiro atoms. The van der Waals surface area contributed by atoms with Crippen LogP contribution < -0.4 is 11.1 Å². The minimum Gasteiger partial charge on any atom is -0.481 e. The zero-order valence-electron chi connectivity index (χ0n) is 9.24. The van der Waals surface area contributed by atoms with E-state index >= 15 is 0 Å². The normalized spacial score (nSPS) is 11.9. The van der Waals surface area contributed by atoms with Crippen LogP contribution in [0, 0.1) is 11.7 Å². The van der Waals surface area contributed by atoms with Crippen LogP contribution >= 0.6 is 0 Å². The Balaban J connectivity index is 2.71. The van der Waals surface area contributed by atoms with Gasteiger partial charge < -0.3 is 16.2 Å². The lowest BCUT2D eigenvalue weighted by molar-refractivity contribution is -0.140. The van der Waals surface area contributed by atoms with E-state index in [2.05, 4.69) is 5.32 Å². The molecule has 0 fully saturated rings. The van der Waals surface area contributed by atoms with Gasteiger partial charge in [-0.2, -0.15) is 0 Å². The maximum Gasteiger partial charge on any atom is 0.308 e. The Morgan fingerprint density at radius 2 is 2.18 bits per heavy atom. The number of anilines is 1. The number of nitrogens with one attached hydrogen (secondary N) is 1. The summed E-state index contributed by atoms with van der Waals surface area (Å²) in [6, 6.07) is 3.88. The van der Waals surface area contributed by atoms with E-state index in [0.29, 0.717) is 0 Å². The first kappa shape index (κ1) is 13.0. The quantitative estimate of drug-likeness (QED) is 0.680. The maximum atomic E-state index is 13.1. The summed E-state index contributed by atoms with van der Waals surface area (Å²) in [4.78, 5) is 22.1. The van der Waals surface area contributed by atoms with E-state index < -0.39 is 23.6 Å². The van der Waals surface area contributed by atoms with Gasteiger partial charge in [0.25, 0.3) is 5.91 Å². The van der Waals surface area contributed by atoms with Gasteiger partial charge in [-0.25, -0.2) is 4.39 Å². The number of carboxylic acid groups (broad SMARTS) is 1. The van der Waals surface area contributed by atoms with Crippen LogP contribution in [0.15, 0.2) is 18.2 Å². The molecule has 0 heterocycles. The van der Waals surface area contributed by atoms with Crippen molar-refractivity contribution in [2.24, 2.45) is 5.92 Å². The van der Waals surface area contributed by atoms with E-state index in [-0.39, 0.29) is 17.8 Å². The highest BCUT2D eigenvalue weighted by Crippen LogP contribution is 2.15. The molecule has 0 radical (unpaired) electrons. The second-order valence-corrected chi connectivity index (χ2v) is 3.65. The number of nitrogens with two attached hydrogens (primary N) is 1. The Morgan fingerprint density at radius 1 is 1.53 bits per heavy atom. The van der Waals surface area contributed by atoms with Crippen molar-refractivity contribution in [1.82, 2.24) is 5.32 Å². The molecule has 92 valence electrons. The van der Waals surface area contributed by atoms with Gasteiger partial charge in [0, 0.05) is 6.54 Å². The molecule has 5 nitrogen and oxygen atoms in total. The minimum absolute atomic E-state index is 0.00240. The topological polar surface area (TPSA) is 92.4 Å². The molecule has 1 unspecified atom stereocenters. The molecule has 6 heteroatoms. The number of carboxylic acids is 1. The van der Waals surface area contributed by atoms with Crippen molar-refractivity contribution in [2.45, 2.75) is 6.92 Å². The van der Waals surface area contributed by atoms with Crippen LogP contribution in [-0.4, -0.2) is 23.5 Å². The molecule has 0 bridgehead atoms. The molecule has 1 amide bonds. The third-order valence-corrected chi connectivity index (χ3v) is 2.29. The van der Waals surface area contributed by atoms with Crippen molar-refractivity contribution in [3.05, 3.63) is 29.6 Å². The predicted octanol–water partition coefficient (Wildman–Crippen LogP) is 0.858. The highest BCUT2D eigenvalue weighted by Gasteiger charge is 2.15. The van der Waals surface area contributed by atoms with Gasteiger partial charge in [0.1, 0.15) is 5.82 Å². The number of carbonyl (C=O) groups is 2. The predicted molar refractivity (Wildman–Crippen MR) is 59.9 cm³/mol. The summed E-state index contributed by atoms with van der Waals surface area (Å²) in [5.41, 5.74) is 5.16. The summed E-state index contributed by atoms with van der Waals surface area (Å²) in [6.45, 7) is 1.42. The van der Waals surface area contributed by atoms with Crippen molar-refractivity contribution in [3.8, 4) is 0 Å². The molecule has 4 N–H and O–H groups in total. The lowest BCUT2D eigenvalue weighted by Crippen LogP contribution is -2.32. The molecule has 1 aromatic rings. The zero-order valence-corrected chi connectivity index (χ0v) is 9.24. The van der Waals surface area contributed by atoms with E-state index in [1.807, 2.05) is 0 Å². The van der Waals surface area contributed by atoms with E-state index in [1.54, 1.807) is 0 Å². The molecule has 17 heavy (non-hydrogen) atoms. The molecular weight excluding hydrogens is 227 g/mol. The fourth-order valence-electron chi connectivity index (χ4n) is 1.16. The zero-order chi connectivity index (χ0) is 13.0. The maximum absolute atomic E-state index is 13.1. The Kier molecular flexibility index (Phi) is 4.03. The lowest BCUT2D eigenvalue weighted by Gasteiger charge is -2.10. The van der Waals surface area contributed by atoms with E-state index in [4.69, 9.17) is 10.8 Å². The molecule has 1 aromatic carbocycles. The summed E-state index contributed by atoms with van der Waals surface area (Å²) >= 11 is 0. The third kappa shape index (κ3) is 3.17. The van der Waals surface area contributed by atoms with Gasteiger partial charge in [-0.15, -0.1) is 0 Å². The second-order valence-electron chi connectivity index (χ2n) is 3.65. The number of aliphatic carboxylic acids is 1. The summed E-state index contributed by atoms with van der Waals surface area (Å²) in [7, 11) is 0. The van der Waals surface area contributed by atoms with Crippen LogP contribution in [0.3, 0.4) is 0 Å². The Hall–Kier alpha value is -2.11. The number of rotatable bonds is 4. The molecule has 1 rings (SSSR count). The number of benzene rings is 1. The van der Waals surface area contributed by atoms with Gasteiger partial charge in [-0.3, -0.25) is 9.59 Å². The number of amides is 1. The van der Waals surface area contributed by atoms with Crippen molar-refractivity contribution >= 4 is 17.6 Å².